The molecule has 0 aliphatic rings. The molecular formula is C14H22N4. The second-order valence-corrected chi connectivity index (χ2v) is 4.17. The molecule has 0 radical (unpaired) electrons. The van der Waals surface area contributed by atoms with Gasteiger partial charge in [0.1, 0.15) is 5.82 Å². The second kappa shape index (κ2) is 8.48. The molecule has 1 N–H and O–H groups in total. The normalized spacial score (nSPS) is 10.1. The van der Waals surface area contributed by atoms with Crippen LogP contribution >= 0.6 is 0 Å². The third kappa shape index (κ3) is 4.72. The summed E-state index contributed by atoms with van der Waals surface area (Å²) in [5.74, 6) is 3.51. The highest BCUT2D eigenvalue weighted by Crippen LogP contribution is 2.09. The van der Waals surface area contributed by atoms with E-state index in [1.165, 1.54) is 0 Å². The van der Waals surface area contributed by atoms with Gasteiger partial charge in [-0.2, -0.15) is 0 Å². The van der Waals surface area contributed by atoms with Crippen molar-refractivity contribution >= 4 is 5.82 Å². The van der Waals surface area contributed by atoms with Crippen LogP contribution in [0, 0.1) is 12.3 Å². The summed E-state index contributed by atoms with van der Waals surface area (Å²) in [6.07, 6.45) is 11.1. The fourth-order valence-corrected chi connectivity index (χ4v) is 1.65. The van der Waals surface area contributed by atoms with E-state index < -0.39 is 0 Å². The number of hydrogen-bond acceptors (Lipinski definition) is 4. The van der Waals surface area contributed by atoms with Crippen LogP contribution in [0.15, 0.2) is 12.4 Å². The first-order valence-electron chi connectivity index (χ1n) is 6.51. The van der Waals surface area contributed by atoms with Gasteiger partial charge >= 0.3 is 0 Å². The van der Waals surface area contributed by atoms with Gasteiger partial charge < -0.3 is 10.2 Å². The number of nitrogens with zero attached hydrogens (tertiary/aromatic N) is 3. The van der Waals surface area contributed by atoms with Crippen molar-refractivity contribution in [2.75, 3.05) is 24.5 Å². The molecule has 98 valence electrons. The van der Waals surface area contributed by atoms with Gasteiger partial charge in [-0.3, -0.25) is 4.98 Å². The van der Waals surface area contributed by atoms with E-state index in [-0.39, 0.29) is 0 Å². The molecule has 18 heavy (non-hydrogen) atoms. The number of nitrogens with one attached hydrogen (secondary N) is 1. The van der Waals surface area contributed by atoms with Crippen LogP contribution in [0.5, 0.6) is 0 Å². The summed E-state index contributed by atoms with van der Waals surface area (Å²) >= 11 is 0. The fraction of sp³-hybridized carbons (Fsp3) is 0.571. The zero-order chi connectivity index (χ0) is 13.2. The second-order valence-electron chi connectivity index (χ2n) is 4.17. The molecule has 1 rings (SSSR count). The van der Waals surface area contributed by atoms with Crippen molar-refractivity contribution in [3.05, 3.63) is 18.1 Å². The fourth-order valence-electron chi connectivity index (χ4n) is 1.65. The summed E-state index contributed by atoms with van der Waals surface area (Å²) in [5, 5.41) is 3.30. The van der Waals surface area contributed by atoms with Crippen molar-refractivity contribution in [3.8, 4) is 12.3 Å². The summed E-state index contributed by atoms with van der Waals surface area (Å²) in [6, 6.07) is 0. The standard InChI is InChI=1S/C14H22N4/c1-4-7-15-10-13-11-17-14(12-16-13)18(8-5-2)9-6-3/h2,11-12,15H,4,6-10H2,1,3H3. The first kappa shape index (κ1) is 14.5. The van der Waals surface area contributed by atoms with E-state index >= 15 is 0 Å². The largest absolute Gasteiger partial charge is 0.344 e. The van der Waals surface area contributed by atoms with Gasteiger partial charge in [0, 0.05) is 13.1 Å². The SMILES string of the molecule is C#CCN(CCC)c1cnc(CNCCC)cn1. The number of anilines is 1. The highest BCUT2D eigenvalue weighted by Gasteiger charge is 2.05. The van der Waals surface area contributed by atoms with Crippen LogP contribution in [0.1, 0.15) is 32.4 Å². The summed E-state index contributed by atoms with van der Waals surface area (Å²) in [6.45, 7) is 7.53. The van der Waals surface area contributed by atoms with E-state index in [1.54, 1.807) is 6.20 Å². The maximum atomic E-state index is 5.36. The molecule has 0 bridgehead atoms. The first-order chi connectivity index (χ1) is 8.81. The molecule has 0 atom stereocenters. The molecule has 0 aliphatic heterocycles. The van der Waals surface area contributed by atoms with Crippen molar-refractivity contribution in [1.82, 2.24) is 15.3 Å². The van der Waals surface area contributed by atoms with Gasteiger partial charge in [-0.1, -0.05) is 19.8 Å². The van der Waals surface area contributed by atoms with Crippen LogP contribution in [0.2, 0.25) is 0 Å². The van der Waals surface area contributed by atoms with Crippen molar-refractivity contribution < 1.29 is 0 Å². The minimum atomic E-state index is 0.579. The Balaban J connectivity index is 2.59. The van der Waals surface area contributed by atoms with Crippen LogP contribution < -0.4 is 10.2 Å². The molecule has 0 unspecified atom stereocenters. The van der Waals surface area contributed by atoms with Crippen LogP contribution in [0.3, 0.4) is 0 Å². The molecule has 0 amide bonds. The Labute approximate surface area is 110 Å². The summed E-state index contributed by atoms with van der Waals surface area (Å²) in [4.78, 5) is 10.9. The van der Waals surface area contributed by atoms with Gasteiger partial charge in [-0.25, -0.2) is 4.98 Å². The quantitative estimate of drug-likeness (QED) is 0.561. The van der Waals surface area contributed by atoms with Crippen molar-refractivity contribution in [1.29, 1.82) is 0 Å². The molecular weight excluding hydrogens is 224 g/mol. The number of aromatic nitrogens is 2. The third-order valence-corrected chi connectivity index (χ3v) is 2.52. The Bertz CT molecular complexity index is 366. The zero-order valence-electron chi connectivity index (χ0n) is 11.3. The number of terminal acetylenes is 1. The van der Waals surface area contributed by atoms with E-state index in [1.807, 2.05) is 6.20 Å². The maximum absolute atomic E-state index is 5.36. The first-order valence-corrected chi connectivity index (χ1v) is 6.51. The molecule has 1 aromatic heterocycles. The highest BCUT2D eigenvalue weighted by atomic mass is 15.2. The lowest BCUT2D eigenvalue weighted by Crippen LogP contribution is -2.25. The Morgan fingerprint density at radius 3 is 2.67 bits per heavy atom. The summed E-state index contributed by atoms with van der Waals surface area (Å²) in [5.41, 5.74) is 0.962. The van der Waals surface area contributed by atoms with E-state index in [4.69, 9.17) is 6.42 Å². The Hall–Kier alpha value is -1.60. The maximum Gasteiger partial charge on any atom is 0.147 e. The van der Waals surface area contributed by atoms with Gasteiger partial charge in [-0.05, 0) is 19.4 Å². The van der Waals surface area contributed by atoms with Gasteiger partial charge in [-0.15, -0.1) is 6.42 Å². The van der Waals surface area contributed by atoms with Crippen LogP contribution in [-0.2, 0) is 6.54 Å². The van der Waals surface area contributed by atoms with Crippen molar-refractivity contribution in [2.45, 2.75) is 33.2 Å². The lowest BCUT2D eigenvalue weighted by Gasteiger charge is -2.20. The van der Waals surface area contributed by atoms with Crippen LogP contribution in [-0.4, -0.2) is 29.6 Å². The lowest BCUT2D eigenvalue weighted by atomic mass is 10.3. The molecule has 0 fully saturated rings. The molecule has 4 nitrogen and oxygen atoms in total. The average Bonchev–Trinajstić information content (AvgIpc) is 2.40. The van der Waals surface area contributed by atoms with E-state index in [9.17, 15) is 0 Å². The van der Waals surface area contributed by atoms with Gasteiger partial charge in [0.15, 0.2) is 0 Å². The molecule has 1 aromatic rings. The number of rotatable bonds is 8. The molecule has 0 aromatic carbocycles. The van der Waals surface area contributed by atoms with Crippen molar-refractivity contribution in [3.63, 3.8) is 0 Å². The topological polar surface area (TPSA) is 41.1 Å². The average molecular weight is 246 g/mol. The van der Waals surface area contributed by atoms with Gasteiger partial charge in [0.2, 0.25) is 0 Å². The minimum absolute atomic E-state index is 0.579. The van der Waals surface area contributed by atoms with Gasteiger partial charge in [0.05, 0.1) is 24.6 Å². The molecule has 1 heterocycles. The number of hydrogen-bond donors (Lipinski definition) is 1. The minimum Gasteiger partial charge on any atom is -0.344 e. The highest BCUT2D eigenvalue weighted by molar-refractivity contribution is 5.37. The van der Waals surface area contributed by atoms with Crippen LogP contribution in [0.25, 0.3) is 0 Å². The zero-order valence-corrected chi connectivity index (χ0v) is 11.3. The Morgan fingerprint density at radius 2 is 2.11 bits per heavy atom. The van der Waals surface area contributed by atoms with Crippen LogP contribution in [0.4, 0.5) is 5.82 Å². The third-order valence-electron chi connectivity index (χ3n) is 2.52. The molecule has 0 saturated carbocycles. The molecule has 4 heteroatoms. The summed E-state index contributed by atoms with van der Waals surface area (Å²) in [7, 11) is 0. The van der Waals surface area contributed by atoms with E-state index in [2.05, 4.69) is 40.0 Å². The van der Waals surface area contributed by atoms with Gasteiger partial charge in [0.25, 0.3) is 0 Å². The Morgan fingerprint density at radius 1 is 1.28 bits per heavy atom. The summed E-state index contributed by atoms with van der Waals surface area (Å²) < 4.78 is 0. The van der Waals surface area contributed by atoms with E-state index in [0.29, 0.717) is 6.54 Å². The van der Waals surface area contributed by atoms with Crippen molar-refractivity contribution in [2.24, 2.45) is 0 Å². The predicted molar refractivity (Wildman–Crippen MR) is 75.4 cm³/mol. The smallest absolute Gasteiger partial charge is 0.147 e. The molecule has 0 saturated heterocycles. The molecule has 0 spiro atoms. The predicted octanol–water partition coefficient (Wildman–Crippen LogP) is 1.83. The molecule has 0 aliphatic carbocycles. The monoisotopic (exact) mass is 246 g/mol. The van der Waals surface area contributed by atoms with E-state index in [0.717, 1.165) is 44.0 Å². The Kier molecular flexibility index (Phi) is 6.82. The lowest BCUT2D eigenvalue weighted by molar-refractivity contribution is 0.661.